The van der Waals surface area contributed by atoms with E-state index in [1.165, 1.54) is 0 Å². The maximum atomic E-state index is 12.4. The quantitative estimate of drug-likeness (QED) is 0.844. The Kier molecular flexibility index (Phi) is 5.49. The first-order valence-electron chi connectivity index (χ1n) is 8.22. The van der Waals surface area contributed by atoms with Crippen LogP contribution in [0.5, 0.6) is 0 Å². The summed E-state index contributed by atoms with van der Waals surface area (Å²) in [7, 11) is 0. The lowest BCUT2D eigenvalue weighted by Gasteiger charge is -2.36. The molecule has 0 radical (unpaired) electrons. The molecule has 1 aliphatic carbocycles. The van der Waals surface area contributed by atoms with Gasteiger partial charge < -0.3 is 19.6 Å². The van der Waals surface area contributed by atoms with E-state index in [-0.39, 0.29) is 12.7 Å². The second kappa shape index (κ2) is 6.97. The van der Waals surface area contributed by atoms with Gasteiger partial charge in [-0.1, -0.05) is 0 Å². The topological polar surface area (TPSA) is 53.0 Å². The Morgan fingerprint density at radius 1 is 1.33 bits per heavy atom. The number of likely N-dealkylation sites (tertiary alicyclic amines) is 1. The van der Waals surface area contributed by atoms with Crippen LogP contribution in [0.1, 0.15) is 46.5 Å². The van der Waals surface area contributed by atoms with Crippen LogP contribution in [0.15, 0.2) is 0 Å². The molecule has 2 aliphatic rings. The highest BCUT2D eigenvalue weighted by Gasteiger charge is 2.37. The van der Waals surface area contributed by atoms with Gasteiger partial charge in [0.1, 0.15) is 5.60 Å². The van der Waals surface area contributed by atoms with Crippen LogP contribution in [0.2, 0.25) is 0 Å². The van der Waals surface area contributed by atoms with Crippen molar-refractivity contribution in [1.29, 1.82) is 0 Å². The van der Waals surface area contributed by atoms with Crippen molar-refractivity contribution in [3.63, 3.8) is 0 Å². The highest BCUT2D eigenvalue weighted by atomic mass is 16.6. The van der Waals surface area contributed by atoms with Crippen LogP contribution in [0, 0.1) is 5.92 Å². The maximum Gasteiger partial charge on any atom is 0.410 e. The molecule has 0 bridgehead atoms. The minimum atomic E-state index is -0.431. The second-order valence-corrected chi connectivity index (χ2v) is 7.40. The van der Waals surface area contributed by atoms with Gasteiger partial charge in [0, 0.05) is 25.7 Å². The Labute approximate surface area is 128 Å². The fourth-order valence-electron chi connectivity index (χ4n) is 3.00. The van der Waals surface area contributed by atoms with Crippen molar-refractivity contribution in [2.75, 3.05) is 32.8 Å². The molecule has 2 rings (SSSR count). The SMILES string of the molecule is CC(C)(C)OC(=O)N(CC1CCCN(CCO)C1)C1CC1. The summed E-state index contributed by atoms with van der Waals surface area (Å²) in [5.74, 6) is 0.499. The lowest BCUT2D eigenvalue weighted by molar-refractivity contribution is 0.0164. The van der Waals surface area contributed by atoms with Crippen molar-refractivity contribution in [1.82, 2.24) is 9.80 Å². The third-order valence-electron chi connectivity index (χ3n) is 4.09. The largest absolute Gasteiger partial charge is 0.444 e. The van der Waals surface area contributed by atoms with Gasteiger partial charge in [-0.05, 0) is 58.9 Å². The van der Waals surface area contributed by atoms with Crippen molar-refractivity contribution < 1.29 is 14.6 Å². The summed E-state index contributed by atoms with van der Waals surface area (Å²) in [6.07, 6.45) is 4.36. The molecule has 0 aromatic heterocycles. The van der Waals surface area contributed by atoms with Crippen molar-refractivity contribution in [2.24, 2.45) is 5.92 Å². The lowest BCUT2D eigenvalue weighted by atomic mass is 9.97. The fourth-order valence-corrected chi connectivity index (χ4v) is 3.00. The zero-order chi connectivity index (χ0) is 15.5. The zero-order valence-electron chi connectivity index (χ0n) is 13.7. The summed E-state index contributed by atoms with van der Waals surface area (Å²) in [6, 6.07) is 0.382. The van der Waals surface area contributed by atoms with Crippen molar-refractivity contribution in [3.8, 4) is 0 Å². The molecule has 1 unspecified atom stereocenters. The number of carbonyl (C=O) groups is 1. The Hall–Kier alpha value is -0.810. The van der Waals surface area contributed by atoms with Gasteiger partial charge >= 0.3 is 6.09 Å². The summed E-state index contributed by atoms with van der Waals surface area (Å²) >= 11 is 0. The molecule has 0 spiro atoms. The Balaban J connectivity index is 1.89. The Morgan fingerprint density at radius 3 is 2.62 bits per heavy atom. The van der Waals surface area contributed by atoms with Crippen molar-refractivity contribution in [2.45, 2.75) is 58.1 Å². The van der Waals surface area contributed by atoms with Crippen molar-refractivity contribution in [3.05, 3.63) is 0 Å². The number of rotatable bonds is 5. The number of carbonyl (C=O) groups excluding carboxylic acids is 1. The number of hydrogen-bond donors (Lipinski definition) is 1. The molecule has 1 saturated heterocycles. The maximum absolute atomic E-state index is 12.4. The zero-order valence-corrected chi connectivity index (χ0v) is 13.7. The summed E-state index contributed by atoms with van der Waals surface area (Å²) < 4.78 is 5.55. The number of hydrogen-bond acceptors (Lipinski definition) is 4. The molecular formula is C16H30N2O3. The van der Waals surface area contributed by atoms with Crippen molar-refractivity contribution >= 4 is 6.09 Å². The second-order valence-electron chi connectivity index (χ2n) is 7.40. The van der Waals surface area contributed by atoms with Gasteiger partial charge in [0.2, 0.25) is 0 Å². The molecule has 1 heterocycles. The lowest BCUT2D eigenvalue weighted by Crippen LogP contribution is -2.45. The van der Waals surface area contributed by atoms with E-state index in [0.717, 1.165) is 51.9 Å². The van der Waals surface area contributed by atoms with E-state index in [0.29, 0.717) is 12.0 Å². The van der Waals surface area contributed by atoms with Gasteiger partial charge in [-0.25, -0.2) is 4.79 Å². The number of aliphatic hydroxyl groups is 1. The van der Waals surface area contributed by atoms with E-state index >= 15 is 0 Å². The first-order valence-corrected chi connectivity index (χ1v) is 8.22. The molecular weight excluding hydrogens is 268 g/mol. The standard InChI is InChI=1S/C16H30N2O3/c1-16(2,3)21-15(20)18(14-6-7-14)12-13-5-4-8-17(11-13)9-10-19/h13-14,19H,4-12H2,1-3H3. The van der Waals surface area contributed by atoms with Gasteiger partial charge in [0.15, 0.2) is 0 Å². The molecule has 1 N–H and O–H groups in total. The van der Waals surface area contributed by atoms with Crippen LogP contribution >= 0.6 is 0 Å². The van der Waals surface area contributed by atoms with Gasteiger partial charge in [-0.3, -0.25) is 0 Å². The average molecular weight is 298 g/mol. The molecule has 2 fully saturated rings. The van der Waals surface area contributed by atoms with Crippen LogP contribution < -0.4 is 0 Å². The molecule has 1 atom stereocenters. The molecule has 0 aromatic carbocycles. The molecule has 1 saturated carbocycles. The molecule has 0 aromatic rings. The van der Waals surface area contributed by atoms with Gasteiger partial charge in [0.05, 0.1) is 6.61 Å². The Bertz CT molecular complexity index is 348. The molecule has 1 aliphatic heterocycles. The van der Waals surface area contributed by atoms with Gasteiger partial charge in [-0.2, -0.15) is 0 Å². The summed E-state index contributed by atoms with van der Waals surface area (Å²) in [5, 5.41) is 9.07. The fraction of sp³-hybridized carbons (Fsp3) is 0.938. The third kappa shape index (κ3) is 5.47. The monoisotopic (exact) mass is 298 g/mol. The van der Waals surface area contributed by atoms with Crippen LogP contribution in [0.4, 0.5) is 4.79 Å². The number of β-amino-alcohol motifs (C(OH)–C–C–N with tert-alkyl or cyclic N) is 1. The number of aliphatic hydroxyl groups excluding tert-OH is 1. The number of piperidine rings is 1. The first-order chi connectivity index (χ1) is 9.89. The Morgan fingerprint density at radius 2 is 2.05 bits per heavy atom. The van der Waals surface area contributed by atoms with Gasteiger partial charge in [0.25, 0.3) is 0 Å². The van der Waals surface area contributed by atoms with E-state index in [1.54, 1.807) is 0 Å². The molecule has 122 valence electrons. The van der Waals surface area contributed by atoms with Crippen LogP contribution in [-0.2, 0) is 4.74 Å². The predicted octanol–water partition coefficient (Wildman–Crippen LogP) is 2.09. The predicted molar refractivity (Wildman–Crippen MR) is 82.2 cm³/mol. The summed E-state index contributed by atoms with van der Waals surface area (Å²) in [6.45, 7) is 9.54. The summed E-state index contributed by atoms with van der Waals surface area (Å²) in [5.41, 5.74) is -0.431. The van der Waals surface area contributed by atoms with E-state index in [9.17, 15) is 4.79 Å². The smallest absolute Gasteiger partial charge is 0.410 e. The van der Waals surface area contributed by atoms with Gasteiger partial charge in [-0.15, -0.1) is 0 Å². The van der Waals surface area contributed by atoms with E-state index < -0.39 is 5.60 Å². The molecule has 1 amide bonds. The van der Waals surface area contributed by atoms with Crippen LogP contribution in [-0.4, -0.2) is 65.4 Å². The van der Waals surface area contributed by atoms with E-state index in [1.807, 2.05) is 25.7 Å². The minimum absolute atomic E-state index is 0.163. The summed E-state index contributed by atoms with van der Waals surface area (Å²) in [4.78, 5) is 16.6. The number of ether oxygens (including phenoxy) is 1. The molecule has 5 heteroatoms. The number of nitrogens with zero attached hydrogens (tertiary/aromatic N) is 2. The molecule has 5 nitrogen and oxygen atoms in total. The first kappa shape index (κ1) is 16.6. The third-order valence-corrected chi connectivity index (χ3v) is 4.09. The van der Waals surface area contributed by atoms with E-state index in [4.69, 9.17) is 9.84 Å². The highest BCUT2D eigenvalue weighted by Crippen LogP contribution is 2.30. The van der Waals surface area contributed by atoms with E-state index in [2.05, 4.69) is 4.90 Å². The normalized spacial score (nSPS) is 23.9. The average Bonchev–Trinajstić information content (AvgIpc) is 3.19. The van der Waals surface area contributed by atoms with Crippen LogP contribution in [0.25, 0.3) is 0 Å². The number of amides is 1. The highest BCUT2D eigenvalue weighted by molar-refractivity contribution is 5.69. The molecule has 21 heavy (non-hydrogen) atoms. The van der Waals surface area contributed by atoms with Crippen LogP contribution in [0.3, 0.4) is 0 Å². The minimum Gasteiger partial charge on any atom is -0.444 e.